The number of aliphatic imine (C=N–C) groups is 1. The third-order valence-corrected chi connectivity index (χ3v) is 7.85. The van der Waals surface area contributed by atoms with E-state index in [1.165, 1.54) is 11.8 Å². The molecule has 3 heterocycles. The standard InChI is InChI=1S/C17H18N2O7S2/c20-15(3-4-16(21)22)18-17-19(11-8-28(23,24)9-14(11)27-17)10-1-2-12-13(7-10)26-6-5-25-12/h1-2,7,11,14H,3-6,8-9H2,(H,21,22)/t11-,14+/m0/s1. The summed E-state index contributed by atoms with van der Waals surface area (Å²) >= 11 is 1.24. The van der Waals surface area contributed by atoms with E-state index in [4.69, 9.17) is 14.6 Å². The first-order valence-electron chi connectivity index (χ1n) is 8.72. The van der Waals surface area contributed by atoms with Crippen molar-refractivity contribution in [1.82, 2.24) is 0 Å². The molecule has 1 N–H and O–H groups in total. The highest BCUT2D eigenvalue weighted by molar-refractivity contribution is 8.16. The fraction of sp³-hybridized carbons (Fsp3) is 0.471. The number of thioether (sulfide) groups is 1. The van der Waals surface area contributed by atoms with E-state index < -0.39 is 21.7 Å². The summed E-state index contributed by atoms with van der Waals surface area (Å²) in [5.74, 6) is -0.467. The van der Waals surface area contributed by atoms with Crippen LogP contribution in [-0.4, -0.2) is 66.6 Å². The third-order valence-electron chi connectivity index (χ3n) is 4.64. The van der Waals surface area contributed by atoms with E-state index in [9.17, 15) is 18.0 Å². The molecule has 2 atom stereocenters. The lowest BCUT2D eigenvalue weighted by atomic mass is 10.2. The molecule has 1 amide bonds. The van der Waals surface area contributed by atoms with Crippen LogP contribution in [0.25, 0.3) is 0 Å². The van der Waals surface area contributed by atoms with Crippen molar-refractivity contribution in [3.8, 4) is 11.5 Å². The van der Waals surface area contributed by atoms with Gasteiger partial charge < -0.3 is 19.5 Å². The van der Waals surface area contributed by atoms with E-state index >= 15 is 0 Å². The number of anilines is 1. The maximum atomic E-state index is 12.1. The Kier molecular flexibility index (Phi) is 4.96. The van der Waals surface area contributed by atoms with Gasteiger partial charge in [0.05, 0.1) is 24.0 Å². The highest BCUT2D eigenvalue weighted by Crippen LogP contribution is 2.43. The van der Waals surface area contributed by atoms with E-state index in [-0.39, 0.29) is 35.6 Å². The number of benzene rings is 1. The number of carbonyl (C=O) groups excluding carboxylic acids is 1. The molecule has 2 saturated heterocycles. The predicted octanol–water partition coefficient (Wildman–Crippen LogP) is 0.924. The molecule has 4 rings (SSSR count). The first kappa shape index (κ1) is 19.1. The van der Waals surface area contributed by atoms with Crippen molar-refractivity contribution in [3.05, 3.63) is 18.2 Å². The van der Waals surface area contributed by atoms with Gasteiger partial charge in [-0.1, -0.05) is 11.8 Å². The Balaban J connectivity index is 1.67. The van der Waals surface area contributed by atoms with Crippen molar-refractivity contribution in [2.75, 3.05) is 29.6 Å². The summed E-state index contributed by atoms with van der Waals surface area (Å²) in [5, 5.41) is 8.90. The van der Waals surface area contributed by atoms with Crippen LogP contribution in [0, 0.1) is 0 Å². The molecule has 0 aliphatic carbocycles. The van der Waals surface area contributed by atoms with Crippen LogP contribution in [0.4, 0.5) is 5.69 Å². The number of hydrogen-bond donors (Lipinski definition) is 1. The number of aliphatic carboxylic acids is 1. The van der Waals surface area contributed by atoms with Crippen LogP contribution < -0.4 is 14.4 Å². The van der Waals surface area contributed by atoms with Gasteiger partial charge in [-0.25, -0.2) is 8.42 Å². The van der Waals surface area contributed by atoms with Crippen LogP contribution in [0.15, 0.2) is 23.2 Å². The van der Waals surface area contributed by atoms with Crippen molar-refractivity contribution in [2.24, 2.45) is 4.99 Å². The van der Waals surface area contributed by atoms with E-state index in [1.807, 2.05) is 0 Å². The fourth-order valence-electron chi connectivity index (χ4n) is 3.42. The van der Waals surface area contributed by atoms with Gasteiger partial charge in [0.2, 0.25) is 5.91 Å². The molecule has 1 aromatic rings. The number of fused-ring (bicyclic) bond motifs is 2. The highest BCUT2D eigenvalue weighted by atomic mass is 32.2. The number of rotatable bonds is 4. The van der Waals surface area contributed by atoms with Gasteiger partial charge in [0, 0.05) is 23.4 Å². The van der Waals surface area contributed by atoms with Crippen LogP contribution in [0.1, 0.15) is 12.8 Å². The molecule has 3 aliphatic rings. The summed E-state index contributed by atoms with van der Waals surface area (Å²) < 4.78 is 35.3. The van der Waals surface area contributed by atoms with Crippen LogP contribution >= 0.6 is 11.8 Å². The molecule has 3 aliphatic heterocycles. The Bertz CT molecular complexity index is 960. The Hall–Kier alpha value is -2.27. The molecule has 0 aromatic heterocycles. The fourth-order valence-corrected chi connectivity index (χ4v) is 7.36. The summed E-state index contributed by atoms with van der Waals surface area (Å²) in [6, 6.07) is 4.93. The first-order chi connectivity index (χ1) is 13.3. The van der Waals surface area contributed by atoms with Gasteiger partial charge >= 0.3 is 5.97 Å². The van der Waals surface area contributed by atoms with Gasteiger partial charge in [-0.05, 0) is 12.1 Å². The number of carbonyl (C=O) groups is 2. The lowest BCUT2D eigenvalue weighted by Gasteiger charge is -2.26. The average molecular weight is 426 g/mol. The van der Waals surface area contributed by atoms with Crippen molar-refractivity contribution >= 4 is 44.3 Å². The van der Waals surface area contributed by atoms with E-state index in [0.29, 0.717) is 35.6 Å². The number of amidine groups is 1. The second kappa shape index (κ2) is 7.28. The van der Waals surface area contributed by atoms with Crippen molar-refractivity contribution < 1.29 is 32.6 Å². The molecule has 0 unspecified atom stereocenters. The zero-order valence-corrected chi connectivity index (χ0v) is 16.4. The topological polar surface area (TPSA) is 123 Å². The molecule has 0 radical (unpaired) electrons. The Morgan fingerprint density at radius 3 is 2.68 bits per heavy atom. The lowest BCUT2D eigenvalue weighted by molar-refractivity contribution is -0.138. The molecule has 0 saturated carbocycles. The summed E-state index contributed by atoms with van der Waals surface area (Å²) in [6.45, 7) is 0.875. The zero-order valence-electron chi connectivity index (χ0n) is 14.7. The minimum atomic E-state index is -3.17. The normalized spacial score (nSPS) is 26.3. The van der Waals surface area contributed by atoms with Crippen molar-refractivity contribution in [3.63, 3.8) is 0 Å². The monoisotopic (exact) mass is 426 g/mol. The molecule has 0 bridgehead atoms. The third kappa shape index (κ3) is 3.81. The van der Waals surface area contributed by atoms with E-state index in [1.54, 1.807) is 23.1 Å². The summed E-state index contributed by atoms with van der Waals surface area (Å²) in [5.41, 5.74) is 0.658. The Labute approximate surface area is 165 Å². The molecule has 9 nitrogen and oxygen atoms in total. The van der Waals surface area contributed by atoms with Gasteiger partial charge in [-0.3, -0.25) is 9.59 Å². The smallest absolute Gasteiger partial charge is 0.303 e. The number of amides is 1. The van der Waals surface area contributed by atoms with Gasteiger partial charge in [-0.2, -0.15) is 4.99 Å². The zero-order chi connectivity index (χ0) is 19.9. The number of carboxylic acid groups (broad SMARTS) is 1. The van der Waals surface area contributed by atoms with Gasteiger partial charge in [0.1, 0.15) is 13.2 Å². The highest BCUT2D eigenvalue weighted by Gasteiger charge is 2.49. The molecule has 28 heavy (non-hydrogen) atoms. The summed E-state index contributed by atoms with van der Waals surface area (Å²) in [7, 11) is -3.17. The number of ether oxygens (including phenoxy) is 2. The SMILES string of the molecule is O=C(O)CCC(=O)N=C1S[C@@H]2CS(=O)(=O)C[C@@H]2N1c1ccc2c(c1)OCCO2. The van der Waals surface area contributed by atoms with Crippen molar-refractivity contribution in [2.45, 2.75) is 24.1 Å². The molecular weight excluding hydrogens is 408 g/mol. The first-order valence-corrected chi connectivity index (χ1v) is 11.4. The largest absolute Gasteiger partial charge is 0.486 e. The van der Waals surface area contributed by atoms with Gasteiger partial charge in [-0.15, -0.1) is 0 Å². The van der Waals surface area contributed by atoms with Gasteiger partial charge in [0.25, 0.3) is 0 Å². The molecule has 150 valence electrons. The molecular formula is C17H18N2O7S2. The minimum absolute atomic E-state index is 0.0196. The van der Waals surface area contributed by atoms with E-state index in [2.05, 4.69) is 4.99 Å². The molecule has 0 spiro atoms. The number of nitrogens with zero attached hydrogens (tertiary/aromatic N) is 2. The number of carboxylic acids is 1. The maximum Gasteiger partial charge on any atom is 0.303 e. The number of hydrogen-bond acceptors (Lipinski definition) is 7. The quantitative estimate of drug-likeness (QED) is 0.749. The van der Waals surface area contributed by atoms with Gasteiger partial charge in [0.15, 0.2) is 26.5 Å². The average Bonchev–Trinajstić information content (AvgIpc) is 3.10. The molecule has 2 fully saturated rings. The molecule has 1 aromatic carbocycles. The van der Waals surface area contributed by atoms with Crippen LogP contribution in [0.5, 0.6) is 11.5 Å². The van der Waals surface area contributed by atoms with Crippen molar-refractivity contribution in [1.29, 1.82) is 0 Å². The summed E-state index contributed by atoms with van der Waals surface area (Å²) in [6.07, 6.45) is -0.506. The second-order valence-corrected chi connectivity index (χ2v) is 10.0. The Morgan fingerprint density at radius 2 is 1.93 bits per heavy atom. The van der Waals surface area contributed by atoms with E-state index in [0.717, 1.165) is 0 Å². The number of sulfone groups is 1. The second-order valence-electron chi connectivity index (χ2n) is 6.68. The Morgan fingerprint density at radius 1 is 1.18 bits per heavy atom. The minimum Gasteiger partial charge on any atom is -0.486 e. The van der Waals surface area contributed by atoms with Crippen LogP contribution in [-0.2, 0) is 19.4 Å². The summed E-state index contributed by atoms with van der Waals surface area (Å²) in [4.78, 5) is 28.6. The van der Waals surface area contributed by atoms with Crippen LogP contribution in [0.2, 0.25) is 0 Å². The van der Waals surface area contributed by atoms with Crippen LogP contribution in [0.3, 0.4) is 0 Å². The maximum absolute atomic E-state index is 12.1. The predicted molar refractivity (Wildman–Crippen MR) is 103 cm³/mol. The molecule has 11 heteroatoms. The lowest BCUT2D eigenvalue weighted by Crippen LogP contribution is -2.37.